The molecule has 0 aliphatic rings. The van der Waals surface area contributed by atoms with Gasteiger partial charge in [0.1, 0.15) is 0 Å². The third kappa shape index (κ3) is 3.90. The second-order valence-electron chi connectivity index (χ2n) is 4.76. The summed E-state index contributed by atoms with van der Waals surface area (Å²) in [5, 5.41) is 12.9. The van der Waals surface area contributed by atoms with Crippen molar-refractivity contribution in [1.82, 2.24) is 10.3 Å². The van der Waals surface area contributed by atoms with E-state index in [4.69, 9.17) is 0 Å². The summed E-state index contributed by atoms with van der Waals surface area (Å²) in [4.78, 5) is 15.8. The number of carbonyl (C=O) groups is 1. The molecular formula is C16H18N2O2. The van der Waals surface area contributed by atoms with E-state index in [1.807, 2.05) is 30.3 Å². The van der Waals surface area contributed by atoms with E-state index < -0.39 is 6.10 Å². The maximum atomic E-state index is 12.0. The topological polar surface area (TPSA) is 62.2 Å². The summed E-state index contributed by atoms with van der Waals surface area (Å²) >= 11 is 0. The molecule has 0 saturated heterocycles. The molecule has 1 amide bonds. The van der Waals surface area contributed by atoms with Crippen LogP contribution in [0.5, 0.6) is 0 Å². The zero-order valence-electron chi connectivity index (χ0n) is 11.4. The largest absolute Gasteiger partial charge is 0.391 e. The van der Waals surface area contributed by atoms with Crippen molar-refractivity contribution in [2.24, 2.45) is 0 Å². The van der Waals surface area contributed by atoms with Gasteiger partial charge in [-0.05, 0) is 24.6 Å². The maximum absolute atomic E-state index is 12.0. The molecule has 2 rings (SSSR count). The fourth-order valence-electron chi connectivity index (χ4n) is 1.92. The molecule has 0 spiro atoms. The average molecular weight is 270 g/mol. The zero-order chi connectivity index (χ0) is 14.4. The molecule has 2 N–H and O–H groups in total. The monoisotopic (exact) mass is 270 g/mol. The quantitative estimate of drug-likeness (QED) is 0.871. The first-order valence-corrected chi connectivity index (χ1v) is 6.59. The molecule has 0 bridgehead atoms. The van der Waals surface area contributed by atoms with Crippen molar-refractivity contribution in [3.63, 3.8) is 0 Å². The van der Waals surface area contributed by atoms with E-state index in [0.717, 1.165) is 5.56 Å². The molecule has 1 heterocycles. The minimum Gasteiger partial charge on any atom is -0.391 e. The fraction of sp³-hybridized carbons (Fsp3) is 0.250. The highest BCUT2D eigenvalue weighted by molar-refractivity contribution is 5.94. The third-order valence-corrected chi connectivity index (χ3v) is 3.17. The predicted octanol–water partition coefficient (Wildman–Crippen LogP) is 1.80. The van der Waals surface area contributed by atoms with Gasteiger partial charge < -0.3 is 10.4 Å². The number of hydrogen-bond acceptors (Lipinski definition) is 3. The lowest BCUT2D eigenvalue weighted by Crippen LogP contribution is -2.42. The SMILES string of the molecule is CC(NC(=O)c1ccncc1)C(O)Cc1ccccc1. The van der Waals surface area contributed by atoms with Crippen LogP contribution in [0.3, 0.4) is 0 Å². The molecule has 2 unspecified atom stereocenters. The number of benzene rings is 1. The average Bonchev–Trinajstić information content (AvgIpc) is 2.49. The van der Waals surface area contributed by atoms with Crippen LogP contribution in [0.2, 0.25) is 0 Å². The fourth-order valence-corrected chi connectivity index (χ4v) is 1.92. The van der Waals surface area contributed by atoms with Gasteiger partial charge in [0.2, 0.25) is 0 Å². The normalized spacial score (nSPS) is 13.5. The molecule has 2 aromatic rings. The minimum absolute atomic E-state index is 0.202. The van der Waals surface area contributed by atoms with E-state index in [1.54, 1.807) is 31.5 Å². The molecule has 0 saturated carbocycles. The van der Waals surface area contributed by atoms with Crippen LogP contribution in [0.15, 0.2) is 54.9 Å². The lowest BCUT2D eigenvalue weighted by molar-refractivity contribution is 0.0851. The molecule has 20 heavy (non-hydrogen) atoms. The Morgan fingerprint density at radius 1 is 1.20 bits per heavy atom. The molecule has 0 aliphatic carbocycles. The molecule has 4 heteroatoms. The number of nitrogens with one attached hydrogen (secondary N) is 1. The molecule has 0 aliphatic heterocycles. The van der Waals surface area contributed by atoms with Crippen LogP contribution < -0.4 is 5.32 Å². The Morgan fingerprint density at radius 2 is 1.85 bits per heavy atom. The van der Waals surface area contributed by atoms with E-state index in [9.17, 15) is 9.90 Å². The van der Waals surface area contributed by atoms with Crippen LogP contribution in [0.25, 0.3) is 0 Å². The van der Waals surface area contributed by atoms with Crippen LogP contribution in [0.4, 0.5) is 0 Å². The molecule has 0 radical (unpaired) electrons. The summed E-state index contributed by atoms with van der Waals surface area (Å²) in [6.07, 6.45) is 3.03. The molecule has 0 fully saturated rings. The number of nitrogens with zero attached hydrogens (tertiary/aromatic N) is 1. The van der Waals surface area contributed by atoms with E-state index in [-0.39, 0.29) is 11.9 Å². The summed E-state index contributed by atoms with van der Waals surface area (Å²) < 4.78 is 0. The smallest absolute Gasteiger partial charge is 0.251 e. The minimum atomic E-state index is -0.622. The maximum Gasteiger partial charge on any atom is 0.251 e. The lowest BCUT2D eigenvalue weighted by atomic mass is 10.0. The highest BCUT2D eigenvalue weighted by atomic mass is 16.3. The van der Waals surface area contributed by atoms with Crippen molar-refractivity contribution in [2.75, 3.05) is 0 Å². The molecule has 1 aromatic heterocycles. The second-order valence-corrected chi connectivity index (χ2v) is 4.76. The van der Waals surface area contributed by atoms with E-state index in [0.29, 0.717) is 12.0 Å². The molecular weight excluding hydrogens is 252 g/mol. The Balaban J connectivity index is 1.91. The van der Waals surface area contributed by atoms with Gasteiger partial charge in [0.15, 0.2) is 0 Å². The first-order chi connectivity index (χ1) is 9.66. The van der Waals surface area contributed by atoms with Crippen molar-refractivity contribution in [3.8, 4) is 0 Å². The van der Waals surface area contributed by atoms with Crippen LogP contribution >= 0.6 is 0 Å². The van der Waals surface area contributed by atoms with Gasteiger partial charge in [-0.1, -0.05) is 30.3 Å². The van der Waals surface area contributed by atoms with Gasteiger partial charge in [0.25, 0.3) is 5.91 Å². The van der Waals surface area contributed by atoms with E-state index in [2.05, 4.69) is 10.3 Å². The summed E-state index contributed by atoms with van der Waals surface area (Å²) in [6.45, 7) is 1.80. The first-order valence-electron chi connectivity index (χ1n) is 6.59. The molecule has 2 atom stereocenters. The summed E-state index contributed by atoms with van der Waals surface area (Å²) in [5.74, 6) is -0.202. The van der Waals surface area contributed by atoms with Gasteiger partial charge in [-0.3, -0.25) is 9.78 Å². The Kier molecular flexibility index (Phi) is 4.85. The van der Waals surface area contributed by atoms with Crippen molar-refractivity contribution in [2.45, 2.75) is 25.5 Å². The van der Waals surface area contributed by atoms with Gasteiger partial charge in [-0.25, -0.2) is 0 Å². The van der Waals surface area contributed by atoms with Crippen LogP contribution in [-0.4, -0.2) is 28.1 Å². The van der Waals surface area contributed by atoms with Crippen molar-refractivity contribution in [3.05, 3.63) is 66.0 Å². The van der Waals surface area contributed by atoms with E-state index >= 15 is 0 Å². The predicted molar refractivity (Wildman–Crippen MR) is 77.3 cm³/mol. The summed E-state index contributed by atoms with van der Waals surface area (Å²) in [5.41, 5.74) is 1.59. The van der Waals surface area contributed by atoms with Gasteiger partial charge in [-0.15, -0.1) is 0 Å². The second kappa shape index (κ2) is 6.82. The number of carbonyl (C=O) groups excluding carboxylic acids is 1. The van der Waals surface area contributed by atoms with Crippen molar-refractivity contribution < 1.29 is 9.90 Å². The number of aromatic nitrogens is 1. The zero-order valence-corrected chi connectivity index (χ0v) is 11.4. The first kappa shape index (κ1) is 14.2. The van der Waals surface area contributed by atoms with Gasteiger partial charge in [0, 0.05) is 24.4 Å². The van der Waals surface area contributed by atoms with Crippen molar-refractivity contribution >= 4 is 5.91 Å². The number of pyridine rings is 1. The third-order valence-electron chi connectivity index (χ3n) is 3.17. The van der Waals surface area contributed by atoms with Crippen molar-refractivity contribution in [1.29, 1.82) is 0 Å². The van der Waals surface area contributed by atoms with Crippen LogP contribution in [-0.2, 0) is 6.42 Å². The lowest BCUT2D eigenvalue weighted by Gasteiger charge is -2.20. The Bertz CT molecular complexity index is 543. The van der Waals surface area contributed by atoms with Crippen LogP contribution in [0, 0.1) is 0 Å². The highest BCUT2D eigenvalue weighted by Gasteiger charge is 2.17. The van der Waals surface area contributed by atoms with Gasteiger partial charge in [0.05, 0.1) is 12.1 Å². The van der Waals surface area contributed by atoms with E-state index in [1.165, 1.54) is 0 Å². The summed E-state index contributed by atoms with van der Waals surface area (Å²) in [6, 6.07) is 12.7. The molecule has 104 valence electrons. The number of aliphatic hydroxyl groups is 1. The number of rotatable bonds is 5. The molecule has 1 aromatic carbocycles. The van der Waals surface area contributed by atoms with Crippen LogP contribution in [0.1, 0.15) is 22.8 Å². The number of aliphatic hydroxyl groups excluding tert-OH is 1. The number of amides is 1. The Labute approximate surface area is 118 Å². The number of hydrogen-bond donors (Lipinski definition) is 2. The molecule has 4 nitrogen and oxygen atoms in total. The van der Waals surface area contributed by atoms with Gasteiger partial charge in [-0.2, -0.15) is 0 Å². The van der Waals surface area contributed by atoms with Gasteiger partial charge >= 0.3 is 0 Å². The highest BCUT2D eigenvalue weighted by Crippen LogP contribution is 2.07. The Hall–Kier alpha value is -2.20. The standard InChI is InChI=1S/C16H18N2O2/c1-12(15(19)11-13-5-3-2-4-6-13)18-16(20)14-7-9-17-10-8-14/h2-10,12,15,19H,11H2,1H3,(H,18,20). The summed E-state index contributed by atoms with van der Waals surface area (Å²) in [7, 11) is 0. The Morgan fingerprint density at radius 3 is 2.50 bits per heavy atom.